The van der Waals surface area contributed by atoms with Crippen molar-refractivity contribution >= 4 is 34.7 Å². The lowest BCUT2D eigenvalue weighted by molar-refractivity contribution is -0.380. The molecule has 0 aliphatic rings. The van der Waals surface area contributed by atoms with Gasteiger partial charge in [0.2, 0.25) is 0 Å². The van der Waals surface area contributed by atoms with E-state index in [1.807, 2.05) is 0 Å². The Labute approximate surface area is 115 Å². The number of methoxy groups -OCH3 is 1. The van der Waals surface area contributed by atoms with Gasteiger partial charge in [-0.2, -0.15) is 0 Å². The van der Waals surface area contributed by atoms with Gasteiger partial charge in [0.1, 0.15) is 0 Å². The minimum Gasteiger partial charge on any atom is -0.469 e. The molecule has 102 valence electrons. The highest BCUT2D eigenvalue weighted by atomic mass is 35.5. The number of thiophene rings is 1. The Bertz CT molecular complexity index is 447. The summed E-state index contributed by atoms with van der Waals surface area (Å²) in [6.07, 6.45) is 0. The zero-order valence-corrected chi connectivity index (χ0v) is 11.8. The predicted octanol–water partition coefficient (Wildman–Crippen LogP) is 2.28. The summed E-state index contributed by atoms with van der Waals surface area (Å²) in [5, 5.41) is 10.6. The zero-order chi connectivity index (χ0) is 13.2. The second-order valence-corrected chi connectivity index (χ2v) is 5.22. The Morgan fingerprint density at radius 3 is 2.50 bits per heavy atom. The van der Waals surface area contributed by atoms with Gasteiger partial charge in [0.15, 0.2) is 0 Å². The van der Waals surface area contributed by atoms with E-state index in [0.29, 0.717) is 4.88 Å². The Hall–Kier alpha value is -1.18. The number of nitrogens with two attached hydrogens (primary N) is 1. The lowest BCUT2D eigenvalue weighted by Gasteiger charge is -2.27. The number of carbonyl (C=O) groups excluding carboxylic acids is 1. The van der Waals surface area contributed by atoms with Gasteiger partial charge < -0.3 is 10.5 Å². The van der Waals surface area contributed by atoms with E-state index < -0.39 is 22.3 Å². The largest absolute Gasteiger partial charge is 0.469 e. The van der Waals surface area contributed by atoms with Crippen molar-refractivity contribution in [1.82, 2.24) is 0 Å². The number of ether oxygens (including phenoxy) is 1. The highest BCUT2D eigenvalue weighted by molar-refractivity contribution is 7.15. The quantitative estimate of drug-likeness (QED) is 0.522. The first kappa shape index (κ1) is 16.8. The second-order valence-electron chi connectivity index (χ2n) is 4.12. The molecule has 0 bridgehead atoms. The summed E-state index contributed by atoms with van der Waals surface area (Å²) in [5.74, 6) is -0.443. The van der Waals surface area contributed by atoms with Crippen LogP contribution in [0.25, 0.3) is 0 Å². The fourth-order valence-corrected chi connectivity index (χ4v) is 2.36. The number of rotatable bonds is 4. The van der Waals surface area contributed by atoms with Crippen LogP contribution in [0.15, 0.2) is 12.1 Å². The van der Waals surface area contributed by atoms with Crippen LogP contribution in [0, 0.1) is 15.5 Å². The molecule has 0 spiro atoms. The fourth-order valence-electron chi connectivity index (χ4n) is 1.35. The molecular weight excluding hydrogens is 280 g/mol. The molecule has 1 aromatic heterocycles. The van der Waals surface area contributed by atoms with Gasteiger partial charge in [-0.15, -0.1) is 12.4 Å². The van der Waals surface area contributed by atoms with Crippen LogP contribution in [0.1, 0.15) is 24.8 Å². The first-order valence-corrected chi connectivity index (χ1v) is 5.70. The third kappa shape index (κ3) is 3.18. The van der Waals surface area contributed by atoms with Crippen molar-refractivity contribution in [1.29, 1.82) is 0 Å². The SMILES string of the molecule is COC(=O)C(C)(C)[C@@H](N)c1ccc([N+](=O)[O-])s1.Cl. The van der Waals surface area contributed by atoms with E-state index in [-0.39, 0.29) is 17.4 Å². The number of hydrogen-bond donors (Lipinski definition) is 1. The van der Waals surface area contributed by atoms with Crippen LogP contribution in [-0.2, 0) is 9.53 Å². The first-order valence-electron chi connectivity index (χ1n) is 4.88. The van der Waals surface area contributed by atoms with Crippen LogP contribution in [0.4, 0.5) is 5.00 Å². The van der Waals surface area contributed by atoms with Crippen molar-refractivity contribution in [2.45, 2.75) is 19.9 Å². The van der Waals surface area contributed by atoms with Crippen molar-refractivity contribution in [2.24, 2.45) is 11.1 Å². The standard InChI is InChI=1S/C10H14N2O4S.ClH/c1-10(2,9(13)16-3)8(11)6-4-5-7(17-6)12(14)15;/h4-5,8H,11H2,1-3H3;1H/t8-;/m0./s1. The molecule has 6 nitrogen and oxygen atoms in total. The van der Waals surface area contributed by atoms with Gasteiger partial charge in [-0.25, -0.2) is 0 Å². The van der Waals surface area contributed by atoms with Gasteiger partial charge in [-0.05, 0) is 19.9 Å². The number of esters is 1. The summed E-state index contributed by atoms with van der Waals surface area (Å²) in [4.78, 5) is 22.2. The number of halogens is 1. The lowest BCUT2D eigenvalue weighted by atomic mass is 9.84. The van der Waals surface area contributed by atoms with Crippen molar-refractivity contribution in [3.8, 4) is 0 Å². The van der Waals surface area contributed by atoms with E-state index in [1.165, 1.54) is 13.2 Å². The smallest absolute Gasteiger partial charge is 0.324 e. The molecule has 8 heteroatoms. The second kappa shape index (κ2) is 6.12. The van der Waals surface area contributed by atoms with E-state index in [2.05, 4.69) is 4.74 Å². The molecule has 2 N–H and O–H groups in total. The predicted molar refractivity (Wildman–Crippen MR) is 70.9 cm³/mol. The van der Waals surface area contributed by atoms with Gasteiger partial charge in [0.25, 0.3) is 0 Å². The molecule has 0 saturated heterocycles. The molecule has 1 aromatic rings. The molecule has 1 rings (SSSR count). The molecule has 18 heavy (non-hydrogen) atoms. The van der Waals surface area contributed by atoms with Crippen LogP contribution in [0.3, 0.4) is 0 Å². The van der Waals surface area contributed by atoms with E-state index in [9.17, 15) is 14.9 Å². The van der Waals surface area contributed by atoms with Crippen LogP contribution in [0.5, 0.6) is 0 Å². The Balaban J connectivity index is 0.00000289. The first-order chi connectivity index (χ1) is 7.80. The molecular formula is C10H15ClN2O4S. The van der Waals surface area contributed by atoms with E-state index >= 15 is 0 Å². The van der Waals surface area contributed by atoms with Crippen molar-refractivity contribution in [3.05, 3.63) is 27.1 Å². The van der Waals surface area contributed by atoms with Crippen molar-refractivity contribution < 1.29 is 14.5 Å². The highest BCUT2D eigenvalue weighted by Gasteiger charge is 2.37. The van der Waals surface area contributed by atoms with Crippen LogP contribution in [-0.4, -0.2) is 18.0 Å². The molecule has 0 amide bonds. The third-order valence-electron chi connectivity index (χ3n) is 2.59. The molecule has 0 saturated carbocycles. The molecule has 0 fully saturated rings. The number of hydrogen-bond acceptors (Lipinski definition) is 6. The summed E-state index contributed by atoms with van der Waals surface area (Å²) in [6, 6.07) is 2.32. The van der Waals surface area contributed by atoms with E-state index in [0.717, 1.165) is 11.3 Å². The van der Waals surface area contributed by atoms with Crippen molar-refractivity contribution in [2.75, 3.05) is 7.11 Å². The summed E-state index contributed by atoms with van der Waals surface area (Å²) >= 11 is 0.972. The monoisotopic (exact) mass is 294 g/mol. The number of carbonyl (C=O) groups is 1. The van der Waals surface area contributed by atoms with Crippen LogP contribution >= 0.6 is 23.7 Å². The molecule has 1 heterocycles. The third-order valence-corrected chi connectivity index (χ3v) is 3.71. The maximum Gasteiger partial charge on any atom is 0.324 e. The van der Waals surface area contributed by atoms with Gasteiger partial charge in [-0.1, -0.05) is 11.3 Å². The average molecular weight is 295 g/mol. The fraction of sp³-hybridized carbons (Fsp3) is 0.500. The Kier molecular flexibility index (Phi) is 5.72. The summed E-state index contributed by atoms with van der Waals surface area (Å²) < 4.78 is 4.66. The number of nitro groups is 1. The maximum atomic E-state index is 11.6. The van der Waals surface area contributed by atoms with E-state index in [1.54, 1.807) is 19.9 Å². The molecule has 1 atom stereocenters. The summed E-state index contributed by atoms with van der Waals surface area (Å²) in [5.41, 5.74) is 5.03. The minimum atomic E-state index is -0.923. The maximum absolute atomic E-state index is 11.6. The van der Waals surface area contributed by atoms with Crippen LogP contribution < -0.4 is 5.73 Å². The molecule has 0 aliphatic carbocycles. The molecule has 0 radical (unpaired) electrons. The van der Waals surface area contributed by atoms with Gasteiger partial charge in [-0.3, -0.25) is 14.9 Å². The normalized spacial score (nSPS) is 12.4. The Morgan fingerprint density at radius 2 is 2.11 bits per heavy atom. The van der Waals surface area contributed by atoms with Gasteiger partial charge in [0.05, 0.1) is 23.5 Å². The van der Waals surface area contributed by atoms with E-state index in [4.69, 9.17) is 5.73 Å². The minimum absolute atomic E-state index is 0. The van der Waals surface area contributed by atoms with Gasteiger partial charge in [0, 0.05) is 10.9 Å². The molecule has 0 unspecified atom stereocenters. The highest BCUT2D eigenvalue weighted by Crippen LogP contribution is 2.37. The Morgan fingerprint density at radius 1 is 1.56 bits per heavy atom. The average Bonchev–Trinajstić information content (AvgIpc) is 2.75. The van der Waals surface area contributed by atoms with Crippen molar-refractivity contribution in [3.63, 3.8) is 0 Å². The molecule has 0 aliphatic heterocycles. The summed E-state index contributed by atoms with van der Waals surface area (Å²) in [7, 11) is 1.29. The lowest BCUT2D eigenvalue weighted by Crippen LogP contribution is -2.36. The molecule has 0 aromatic carbocycles. The zero-order valence-electron chi connectivity index (χ0n) is 10.2. The van der Waals surface area contributed by atoms with Crippen LogP contribution in [0.2, 0.25) is 0 Å². The summed E-state index contributed by atoms with van der Waals surface area (Å²) in [6.45, 7) is 3.30. The number of nitrogens with zero attached hydrogens (tertiary/aromatic N) is 1. The van der Waals surface area contributed by atoms with Gasteiger partial charge >= 0.3 is 11.0 Å². The topological polar surface area (TPSA) is 95.5 Å².